The second-order valence-corrected chi connectivity index (χ2v) is 12.4. The lowest BCUT2D eigenvalue weighted by atomic mass is 11.8. The molecule has 0 saturated carbocycles. The van der Waals surface area contributed by atoms with Crippen molar-refractivity contribution in [1.29, 1.82) is 0 Å². The molecule has 5 nitrogen and oxygen atoms in total. The Morgan fingerprint density at radius 3 is 1.64 bits per heavy atom. The maximum atomic E-state index is 11.8. The molecular weight excluding hydrogens is 245 g/mol. The Morgan fingerprint density at radius 2 is 1.36 bits per heavy atom. The van der Waals surface area contributed by atoms with Gasteiger partial charge in [0.15, 0.2) is 0 Å². The molecular formula is C6H17O5P3. The van der Waals surface area contributed by atoms with Crippen LogP contribution in [-0.4, -0.2) is 39.7 Å². The van der Waals surface area contributed by atoms with Crippen LogP contribution in [0.25, 0.3) is 0 Å². The Hall–Kier alpha value is 0.610. The van der Waals surface area contributed by atoms with Crippen LogP contribution in [0, 0.1) is 0 Å². The molecule has 0 aliphatic carbocycles. The molecule has 0 N–H and O–H groups in total. The predicted molar refractivity (Wildman–Crippen MR) is 59.5 cm³/mol. The number of hydrogen-bond acceptors (Lipinski definition) is 5. The standard InChI is InChI=1S/C6H17O5P3/c1-10-13(4,8)6-14(5,9)11-12(2,3)7/h6H2,1-5H3. The smallest absolute Gasteiger partial charge is 0.215 e. The van der Waals surface area contributed by atoms with Gasteiger partial charge in [0.25, 0.3) is 0 Å². The summed E-state index contributed by atoms with van der Waals surface area (Å²) >= 11 is 0. The molecule has 0 saturated heterocycles. The highest BCUT2D eigenvalue weighted by Gasteiger charge is 2.31. The van der Waals surface area contributed by atoms with E-state index in [0.29, 0.717) is 0 Å². The first-order valence-electron chi connectivity index (χ1n) is 3.93. The summed E-state index contributed by atoms with van der Waals surface area (Å²) in [7, 11) is -7.53. The van der Waals surface area contributed by atoms with Crippen LogP contribution in [0.4, 0.5) is 0 Å². The van der Waals surface area contributed by atoms with Gasteiger partial charge in [0, 0.05) is 33.8 Å². The zero-order valence-electron chi connectivity index (χ0n) is 9.09. The van der Waals surface area contributed by atoms with Gasteiger partial charge in [-0.05, 0) is 0 Å². The van der Waals surface area contributed by atoms with Crippen LogP contribution in [0.5, 0.6) is 0 Å². The minimum atomic E-state index is -3.10. The molecule has 0 aromatic carbocycles. The van der Waals surface area contributed by atoms with Gasteiger partial charge in [0.05, 0.1) is 0 Å². The average molecular weight is 262 g/mol. The van der Waals surface area contributed by atoms with E-state index in [-0.39, 0.29) is 5.90 Å². The summed E-state index contributed by atoms with van der Waals surface area (Å²) in [6.45, 7) is 5.44. The summed E-state index contributed by atoms with van der Waals surface area (Å²) in [6.07, 6.45) is 0. The quantitative estimate of drug-likeness (QED) is 0.712. The van der Waals surface area contributed by atoms with E-state index >= 15 is 0 Å². The van der Waals surface area contributed by atoms with Gasteiger partial charge in [-0.3, -0.25) is 18.0 Å². The van der Waals surface area contributed by atoms with Gasteiger partial charge in [-0.15, -0.1) is 0 Å². The zero-order valence-corrected chi connectivity index (χ0v) is 11.8. The molecule has 0 heterocycles. The van der Waals surface area contributed by atoms with Crippen LogP contribution >= 0.6 is 22.1 Å². The fourth-order valence-electron chi connectivity index (χ4n) is 0.966. The molecule has 2 unspecified atom stereocenters. The summed E-state index contributed by atoms with van der Waals surface area (Å²) in [5, 5.41) is 0. The largest absolute Gasteiger partial charge is 0.332 e. The van der Waals surface area contributed by atoms with Gasteiger partial charge in [-0.1, -0.05) is 0 Å². The van der Waals surface area contributed by atoms with Gasteiger partial charge < -0.3 is 4.52 Å². The Bertz CT molecular complexity index is 330. The van der Waals surface area contributed by atoms with Crippen LogP contribution in [0.2, 0.25) is 0 Å². The zero-order chi connectivity index (χ0) is 11.6. The van der Waals surface area contributed by atoms with Crippen LogP contribution in [0.1, 0.15) is 0 Å². The Balaban J connectivity index is 4.60. The highest BCUT2D eigenvalue weighted by Crippen LogP contribution is 2.65. The molecule has 0 aromatic heterocycles. The monoisotopic (exact) mass is 262 g/mol. The first kappa shape index (κ1) is 14.6. The molecule has 0 rings (SSSR count). The van der Waals surface area contributed by atoms with Crippen molar-refractivity contribution < 1.29 is 22.5 Å². The van der Waals surface area contributed by atoms with Gasteiger partial charge in [0.1, 0.15) is 5.90 Å². The fourth-order valence-corrected chi connectivity index (χ4v) is 9.16. The van der Waals surface area contributed by atoms with Crippen molar-refractivity contribution >= 4 is 22.1 Å². The Kier molecular flexibility index (Phi) is 4.84. The second kappa shape index (κ2) is 4.63. The van der Waals surface area contributed by atoms with Crippen LogP contribution in [-0.2, 0) is 22.5 Å². The summed E-state index contributed by atoms with van der Waals surface area (Å²) in [5.74, 6) is -0.178. The molecule has 0 aromatic rings. The van der Waals surface area contributed by atoms with E-state index in [9.17, 15) is 13.7 Å². The first-order valence-corrected chi connectivity index (χ1v) is 11.0. The first-order chi connectivity index (χ1) is 5.97. The number of hydrogen-bond donors (Lipinski definition) is 0. The Labute approximate surface area is 84.9 Å². The van der Waals surface area contributed by atoms with Crippen molar-refractivity contribution in [2.24, 2.45) is 0 Å². The maximum absolute atomic E-state index is 11.8. The molecule has 8 heteroatoms. The van der Waals surface area contributed by atoms with Gasteiger partial charge in [-0.25, -0.2) is 0 Å². The van der Waals surface area contributed by atoms with Crippen molar-refractivity contribution in [3.63, 3.8) is 0 Å². The minimum Gasteiger partial charge on any atom is -0.332 e. The predicted octanol–water partition coefficient (Wildman–Crippen LogP) is 2.96. The summed E-state index contributed by atoms with van der Waals surface area (Å²) in [4.78, 5) is 0. The van der Waals surface area contributed by atoms with E-state index in [1.165, 1.54) is 33.8 Å². The van der Waals surface area contributed by atoms with E-state index in [1.54, 1.807) is 0 Å². The van der Waals surface area contributed by atoms with Crippen LogP contribution < -0.4 is 0 Å². The summed E-state index contributed by atoms with van der Waals surface area (Å²) < 4.78 is 44.2. The second-order valence-electron chi connectivity index (χ2n) is 3.69. The molecule has 0 amide bonds. The molecule has 14 heavy (non-hydrogen) atoms. The maximum Gasteiger partial charge on any atom is 0.215 e. The third-order valence-corrected chi connectivity index (χ3v) is 9.11. The molecule has 2 atom stereocenters. The molecule has 0 aliphatic rings. The molecule has 0 fully saturated rings. The molecule has 0 bridgehead atoms. The van der Waals surface area contributed by atoms with Crippen molar-refractivity contribution in [3.8, 4) is 0 Å². The van der Waals surface area contributed by atoms with Gasteiger partial charge >= 0.3 is 0 Å². The van der Waals surface area contributed by atoms with E-state index in [1.807, 2.05) is 0 Å². The minimum absolute atomic E-state index is 0.178. The molecule has 0 aliphatic heterocycles. The Morgan fingerprint density at radius 1 is 0.929 bits per heavy atom. The van der Waals surface area contributed by atoms with Crippen molar-refractivity contribution in [3.05, 3.63) is 0 Å². The van der Waals surface area contributed by atoms with Gasteiger partial charge in [-0.2, -0.15) is 0 Å². The highest BCUT2D eigenvalue weighted by molar-refractivity contribution is 7.79. The topological polar surface area (TPSA) is 69.7 Å². The number of rotatable bonds is 5. The van der Waals surface area contributed by atoms with Crippen molar-refractivity contribution in [2.75, 3.05) is 39.7 Å². The SMILES string of the molecule is COP(C)(=O)CP(C)(=O)OP(C)(C)=O. The van der Waals surface area contributed by atoms with E-state index in [4.69, 9.17) is 8.83 Å². The lowest BCUT2D eigenvalue weighted by Crippen LogP contribution is -1.95. The van der Waals surface area contributed by atoms with E-state index < -0.39 is 22.1 Å². The molecule has 0 radical (unpaired) electrons. The third kappa shape index (κ3) is 6.98. The summed E-state index contributed by atoms with van der Waals surface area (Å²) in [6, 6.07) is 0. The highest BCUT2D eigenvalue weighted by atomic mass is 31.3. The summed E-state index contributed by atoms with van der Waals surface area (Å²) in [5.41, 5.74) is 0. The van der Waals surface area contributed by atoms with Crippen LogP contribution in [0.3, 0.4) is 0 Å². The average Bonchev–Trinajstić information content (AvgIpc) is 1.78. The lowest BCUT2D eigenvalue weighted by Gasteiger charge is -2.19. The van der Waals surface area contributed by atoms with Crippen LogP contribution in [0.15, 0.2) is 0 Å². The van der Waals surface area contributed by atoms with Gasteiger partial charge in [0.2, 0.25) is 22.1 Å². The van der Waals surface area contributed by atoms with Crippen molar-refractivity contribution in [2.45, 2.75) is 0 Å². The van der Waals surface area contributed by atoms with E-state index in [0.717, 1.165) is 0 Å². The van der Waals surface area contributed by atoms with Crippen molar-refractivity contribution in [1.82, 2.24) is 0 Å². The molecule has 0 spiro atoms. The fraction of sp³-hybridized carbons (Fsp3) is 1.00. The third-order valence-electron chi connectivity index (χ3n) is 1.27. The molecule has 86 valence electrons. The lowest BCUT2D eigenvalue weighted by molar-refractivity contribution is 0.400. The normalized spacial score (nSPS) is 21.2. The van der Waals surface area contributed by atoms with E-state index in [2.05, 4.69) is 0 Å².